The molecule has 0 bridgehead atoms. The Bertz CT molecular complexity index is 1160. The largest absolute Gasteiger partial charge is 0.505 e. The number of nitrogens with zero attached hydrogens (tertiary/aromatic N) is 2. The highest BCUT2D eigenvalue weighted by atomic mass is 35.5. The predicted octanol–water partition coefficient (Wildman–Crippen LogP) is 6.79. The number of benzene rings is 2. The summed E-state index contributed by atoms with van der Waals surface area (Å²) in [6, 6.07) is 10.2. The van der Waals surface area contributed by atoms with Crippen LogP contribution in [0.3, 0.4) is 0 Å². The lowest BCUT2D eigenvalue weighted by Gasteiger charge is -2.34. The first kappa shape index (κ1) is 23.8. The van der Waals surface area contributed by atoms with Crippen molar-refractivity contribution < 1.29 is 9.90 Å². The Kier molecular flexibility index (Phi) is 7.13. The van der Waals surface area contributed by atoms with E-state index < -0.39 is 0 Å². The van der Waals surface area contributed by atoms with Crippen LogP contribution < -0.4 is 5.32 Å². The number of phenols is 1. The third kappa shape index (κ3) is 4.96. The fourth-order valence-corrected chi connectivity index (χ4v) is 5.09. The summed E-state index contributed by atoms with van der Waals surface area (Å²) in [4.78, 5) is 19.7. The Labute approximate surface area is 204 Å². The molecule has 2 aromatic carbocycles. The molecule has 0 aliphatic heterocycles. The van der Waals surface area contributed by atoms with Crippen LogP contribution >= 0.6 is 23.2 Å². The number of hydrogen-bond acceptors (Lipinski definition) is 5. The smallest absolute Gasteiger partial charge is 0.166 e. The van der Waals surface area contributed by atoms with Gasteiger partial charge in [-0.05, 0) is 75.2 Å². The molecule has 3 aromatic rings. The summed E-state index contributed by atoms with van der Waals surface area (Å²) in [5, 5.41) is 14.9. The van der Waals surface area contributed by atoms with Crippen molar-refractivity contribution >= 4 is 45.6 Å². The molecule has 0 atom stereocenters. The van der Waals surface area contributed by atoms with Gasteiger partial charge in [0.15, 0.2) is 11.5 Å². The first-order chi connectivity index (χ1) is 15.8. The SMILES string of the molecule is CCC(=O)c1cnc2ccc(-c3cc(Cl)c(O)c(Cl)c3)cc2c1N[C@H]1CC[C@H](N(C)C)CC1. The third-order valence-electron chi connectivity index (χ3n) is 6.62. The number of pyridine rings is 1. The average molecular weight is 486 g/mol. The first-order valence-corrected chi connectivity index (χ1v) is 12.1. The van der Waals surface area contributed by atoms with Crippen LogP contribution in [0.1, 0.15) is 49.4 Å². The highest BCUT2D eigenvalue weighted by Crippen LogP contribution is 2.38. The van der Waals surface area contributed by atoms with Crippen LogP contribution in [0, 0.1) is 0 Å². The second-order valence-electron chi connectivity index (χ2n) is 8.96. The Morgan fingerprint density at radius 2 is 1.76 bits per heavy atom. The normalized spacial score (nSPS) is 18.6. The van der Waals surface area contributed by atoms with Gasteiger partial charge in [-0.15, -0.1) is 0 Å². The van der Waals surface area contributed by atoms with E-state index in [9.17, 15) is 9.90 Å². The molecule has 1 aliphatic carbocycles. The molecule has 0 unspecified atom stereocenters. The van der Waals surface area contributed by atoms with Gasteiger partial charge in [-0.1, -0.05) is 36.2 Å². The fraction of sp³-hybridized carbons (Fsp3) is 0.385. The molecule has 5 nitrogen and oxygen atoms in total. The Hall–Kier alpha value is -2.34. The zero-order valence-corrected chi connectivity index (χ0v) is 20.7. The Morgan fingerprint density at radius 1 is 1.09 bits per heavy atom. The number of aromatic hydroxyl groups is 1. The zero-order valence-electron chi connectivity index (χ0n) is 19.2. The molecule has 1 aromatic heterocycles. The number of aromatic nitrogens is 1. The molecule has 1 saturated carbocycles. The topological polar surface area (TPSA) is 65.5 Å². The average Bonchev–Trinajstić information content (AvgIpc) is 2.82. The van der Waals surface area contributed by atoms with Crippen LogP contribution in [0.2, 0.25) is 10.0 Å². The summed E-state index contributed by atoms with van der Waals surface area (Å²) in [7, 11) is 4.27. The number of fused-ring (bicyclic) bond motifs is 1. The van der Waals surface area contributed by atoms with Gasteiger partial charge in [0.05, 0.1) is 26.8 Å². The monoisotopic (exact) mass is 485 g/mol. The number of nitrogens with one attached hydrogen (secondary N) is 1. The second kappa shape index (κ2) is 9.88. The number of halogens is 2. The summed E-state index contributed by atoms with van der Waals surface area (Å²) in [6.45, 7) is 1.87. The van der Waals surface area contributed by atoms with Gasteiger partial charge >= 0.3 is 0 Å². The zero-order chi connectivity index (χ0) is 23.7. The molecule has 33 heavy (non-hydrogen) atoms. The number of ketones is 1. The van der Waals surface area contributed by atoms with Crippen molar-refractivity contribution in [1.82, 2.24) is 9.88 Å². The van der Waals surface area contributed by atoms with Crippen molar-refractivity contribution in [3.8, 4) is 16.9 Å². The summed E-state index contributed by atoms with van der Waals surface area (Å²) >= 11 is 12.3. The lowest BCUT2D eigenvalue weighted by atomic mass is 9.90. The van der Waals surface area contributed by atoms with E-state index in [4.69, 9.17) is 23.2 Å². The maximum absolute atomic E-state index is 12.8. The van der Waals surface area contributed by atoms with Crippen LogP contribution in [-0.2, 0) is 0 Å². The molecular formula is C26H29Cl2N3O2. The van der Waals surface area contributed by atoms with Crippen LogP contribution in [0.5, 0.6) is 5.75 Å². The van der Waals surface area contributed by atoms with E-state index in [1.807, 2.05) is 25.1 Å². The number of phenolic OH excluding ortho intramolecular Hbond substituents is 1. The highest BCUT2D eigenvalue weighted by molar-refractivity contribution is 6.37. The molecule has 0 spiro atoms. The summed E-state index contributed by atoms with van der Waals surface area (Å²) in [6.07, 6.45) is 6.46. The number of carbonyl (C=O) groups excluding carboxylic acids is 1. The van der Waals surface area contributed by atoms with Gasteiger partial charge in [0.25, 0.3) is 0 Å². The van der Waals surface area contributed by atoms with Crippen molar-refractivity contribution in [1.29, 1.82) is 0 Å². The van der Waals surface area contributed by atoms with Crippen molar-refractivity contribution in [3.05, 3.63) is 52.1 Å². The van der Waals surface area contributed by atoms with E-state index >= 15 is 0 Å². The summed E-state index contributed by atoms with van der Waals surface area (Å²) in [5.41, 5.74) is 3.95. The Morgan fingerprint density at radius 3 is 2.36 bits per heavy atom. The van der Waals surface area contributed by atoms with Crippen molar-refractivity contribution in [2.24, 2.45) is 0 Å². The standard InChI is InChI=1S/C26H29Cl2N3O2/c1-4-24(32)20-14-29-23-10-5-15(16-12-21(27)26(33)22(28)13-16)11-19(23)25(20)30-17-6-8-18(9-7-17)31(2)3/h5,10-14,17-18,33H,4,6-9H2,1-3H3,(H,29,30)/t17-,18-. The van der Waals surface area contributed by atoms with Crippen LogP contribution in [0.25, 0.3) is 22.0 Å². The molecule has 7 heteroatoms. The minimum atomic E-state index is -0.129. The highest BCUT2D eigenvalue weighted by Gasteiger charge is 2.24. The molecule has 0 saturated heterocycles. The van der Waals surface area contributed by atoms with Crippen LogP contribution in [0.4, 0.5) is 5.69 Å². The van der Waals surface area contributed by atoms with Gasteiger partial charge in [0.2, 0.25) is 0 Å². The number of hydrogen-bond donors (Lipinski definition) is 2. The summed E-state index contributed by atoms with van der Waals surface area (Å²) in [5.74, 6) is -0.0638. The number of carbonyl (C=O) groups is 1. The predicted molar refractivity (Wildman–Crippen MR) is 137 cm³/mol. The van der Waals surface area contributed by atoms with Crippen molar-refractivity contribution in [2.45, 2.75) is 51.1 Å². The van der Waals surface area contributed by atoms with Crippen LogP contribution in [-0.4, -0.2) is 47.0 Å². The molecule has 174 valence electrons. The van der Waals surface area contributed by atoms with Gasteiger partial charge in [-0.3, -0.25) is 9.78 Å². The van der Waals surface area contributed by atoms with Crippen molar-refractivity contribution in [3.63, 3.8) is 0 Å². The second-order valence-corrected chi connectivity index (χ2v) is 9.77. The number of anilines is 1. The van der Waals surface area contributed by atoms with Gasteiger partial charge in [0, 0.05) is 30.1 Å². The number of Topliss-reactive ketones (excluding diaryl/α,β-unsaturated/α-hetero) is 1. The molecular weight excluding hydrogens is 457 g/mol. The van der Waals surface area contributed by atoms with Gasteiger partial charge in [-0.2, -0.15) is 0 Å². The molecule has 2 N–H and O–H groups in total. The van der Waals surface area contributed by atoms with E-state index in [0.717, 1.165) is 53.4 Å². The van der Waals surface area contributed by atoms with E-state index in [1.165, 1.54) is 0 Å². The van der Waals surface area contributed by atoms with E-state index in [2.05, 4.69) is 29.3 Å². The molecule has 1 aliphatic rings. The summed E-state index contributed by atoms with van der Waals surface area (Å²) < 4.78 is 0. The van der Waals surface area contributed by atoms with Gasteiger partial charge < -0.3 is 15.3 Å². The Balaban J connectivity index is 1.77. The molecule has 0 amide bonds. The third-order valence-corrected chi connectivity index (χ3v) is 7.19. The minimum absolute atomic E-state index is 0.0648. The maximum atomic E-state index is 12.8. The van der Waals surface area contributed by atoms with Crippen LogP contribution in [0.15, 0.2) is 36.5 Å². The van der Waals surface area contributed by atoms with E-state index in [0.29, 0.717) is 24.1 Å². The molecule has 4 rings (SSSR count). The molecule has 1 fully saturated rings. The van der Waals surface area contributed by atoms with Crippen molar-refractivity contribution in [2.75, 3.05) is 19.4 Å². The fourth-order valence-electron chi connectivity index (χ4n) is 4.60. The van der Waals surface area contributed by atoms with E-state index in [1.54, 1.807) is 18.3 Å². The van der Waals surface area contributed by atoms with E-state index in [-0.39, 0.29) is 21.6 Å². The number of rotatable bonds is 6. The minimum Gasteiger partial charge on any atom is -0.505 e. The van der Waals surface area contributed by atoms with Gasteiger partial charge in [0.1, 0.15) is 0 Å². The lowest BCUT2D eigenvalue weighted by molar-refractivity contribution is 0.0988. The molecule has 0 radical (unpaired) electrons. The quantitative estimate of drug-likeness (QED) is 0.376. The maximum Gasteiger partial charge on any atom is 0.166 e. The molecule has 1 heterocycles. The lowest BCUT2D eigenvalue weighted by Crippen LogP contribution is -2.36. The first-order valence-electron chi connectivity index (χ1n) is 11.4. The van der Waals surface area contributed by atoms with Gasteiger partial charge in [-0.25, -0.2) is 0 Å².